The molecule has 0 aliphatic carbocycles. The van der Waals surface area contributed by atoms with E-state index < -0.39 is 10.0 Å². The maximum atomic E-state index is 12.0. The Bertz CT molecular complexity index is 776. The summed E-state index contributed by atoms with van der Waals surface area (Å²) in [7, 11) is -2.00. The van der Waals surface area contributed by atoms with Crippen molar-refractivity contribution >= 4 is 15.9 Å². The molecule has 2 aromatic rings. The smallest absolute Gasteiger partial charge is 0.240 e. The first-order valence-electron chi connectivity index (χ1n) is 7.45. The minimum atomic E-state index is -3.58. The summed E-state index contributed by atoms with van der Waals surface area (Å²) in [4.78, 5) is 12.0. The summed E-state index contributed by atoms with van der Waals surface area (Å²) < 4.78 is 31.5. The summed E-state index contributed by atoms with van der Waals surface area (Å²) >= 11 is 0. The van der Waals surface area contributed by atoms with Crippen LogP contribution in [0.5, 0.6) is 5.75 Å². The second-order valence-electron chi connectivity index (χ2n) is 5.09. The van der Waals surface area contributed by atoms with Crippen molar-refractivity contribution in [1.29, 1.82) is 0 Å². The number of benzene rings is 2. The first-order chi connectivity index (χ1) is 11.5. The highest BCUT2D eigenvalue weighted by molar-refractivity contribution is 7.89. The Morgan fingerprint density at radius 2 is 1.83 bits per heavy atom. The van der Waals surface area contributed by atoms with Crippen molar-refractivity contribution in [1.82, 2.24) is 10.0 Å². The Hall–Kier alpha value is -2.38. The molecule has 2 N–H and O–H groups in total. The molecule has 0 aliphatic heterocycles. The van der Waals surface area contributed by atoms with Crippen molar-refractivity contribution in [2.75, 3.05) is 13.7 Å². The molecule has 0 radical (unpaired) electrons. The zero-order chi connectivity index (χ0) is 17.4. The zero-order valence-electron chi connectivity index (χ0n) is 13.4. The molecule has 0 aromatic heterocycles. The van der Waals surface area contributed by atoms with Gasteiger partial charge in [-0.3, -0.25) is 4.79 Å². The number of hydrogen-bond acceptors (Lipinski definition) is 4. The van der Waals surface area contributed by atoms with E-state index in [-0.39, 0.29) is 23.8 Å². The van der Waals surface area contributed by atoms with Gasteiger partial charge in [0.2, 0.25) is 15.9 Å². The molecular weight excluding hydrogens is 328 g/mol. The fourth-order valence-corrected chi connectivity index (χ4v) is 3.11. The van der Waals surface area contributed by atoms with Crippen molar-refractivity contribution in [2.24, 2.45) is 0 Å². The van der Waals surface area contributed by atoms with Crippen LogP contribution in [0.4, 0.5) is 0 Å². The minimum Gasteiger partial charge on any atom is -0.497 e. The molecule has 0 saturated heterocycles. The quantitative estimate of drug-likeness (QED) is 0.760. The Morgan fingerprint density at radius 3 is 2.54 bits per heavy atom. The topological polar surface area (TPSA) is 84.5 Å². The van der Waals surface area contributed by atoms with Gasteiger partial charge in [0.1, 0.15) is 5.75 Å². The van der Waals surface area contributed by atoms with Crippen LogP contribution in [0.3, 0.4) is 0 Å². The Kier molecular flexibility index (Phi) is 6.34. The van der Waals surface area contributed by atoms with Gasteiger partial charge in [-0.1, -0.05) is 30.3 Å². The summed E-state index contributed by atoms with van der Waals surface area (Å²) in [5.74, 6) is 0.492. The fraction of sp³-hybridized carbons (Fsp3) is 0.235. The average Bonchev–Trinajstić information content (AvgIpc) is 2.61. The predicted octanol–water partition coefficient (Wildman–Crippen LogP) is 1.68. The van der Waals surface area contributed by atoms with Crippen molar-refractivity contribution in [3.05, 3.63) is 60.2 Å². The maximum absolute atomic E-state index is 12.0. The van der Waals surface area contributed by atoms with E-state index in [4.69, 9.17) is 4.74 Å². The van der Waals surface area contributed by atoms with Crippen molar-refractivity contribution in [2.45, 2.75) is 17.9 Å². The molecule has 0 atom stereocenters. The molecule has 2 aromatic carbocycles. The number of amides is 1. The van der Waals surface area contributed by atoms with Gasteiger partial charge in [0.05, 0.1) is 12.0 Å². The molecule has 24 heavy (non-hydrogen) atoms. The van der Waals surface area contributed by atoms with Gasteiger partial charge < -0.3 is 10.1 Å². The molecule has 1 amide bonds. The lowest BCUT2D eigenvalue weighted by molar-refractivity contribution is -0.121. The summed E-state index contributed by atoms with van der Waals surface area (Å²) in [6, 6.07) is 15.4. The van der Waals surface area contributed by atoms with Gasteiger partial charge in [-0.05, 0) is 29.8 Å². The van der Waals surface area contributed by atoms with Crippen molar-refractivity contribution in [3.63, 3.8) is 0 Å². The predicted molar refractivity (Wildman–Crippen MR) is 91.1 cm³/mol. The van der Waals surface area contributed by atoms with Gasteiger partial charge in [0.15, 0.2) is 0 Å². The Balaban J connectivity index is 1.77. The number of carbonyl (C=O) groups excluding carboxylic acids is 1. The van der Waals surface area contributed by atoms with Gasteiger partial charge in [-0.2, -0.15) is 0 Å². The van der Waals surface area contributed by atoms with Crippen LogP contribution in [0.25, 0.3) is 0 Å². The van der Waals surface area contributed by atoms with Crippen LogP contribution in [0.1, 0.15) is 12.0 Å². The SMILES string of the molecule is COc1cccc(CNC(=O)CCNS(=O)(=O)c2ccccc2)c1. The van der Waals surface area contributed by atoms with Gasteiger partial charge in [0.25, 0.3) is 0 Å². The monoisotopic (exact) mass is 348 g/mol. The van der Waals surface area contributed by atoms with E-state index >= 15 is 0 Å². The van der Waals surface area contributed by atoms with Crippen molar-refractivity contribution < 1.29 is 17.9 Å². The largest absolute Gasteiger partial charge is 0.497 e. The molecule has 0 saturated carbocycles. The van der Waals surface area contributed by atoms with Gasteiger partial charge in [-0.25, -0.2) is 13.1 Å². The molecule has 0 unspecified atom stereocenters. The molecule has 0 aliphatic rings. The van der Waals surface area contributed by atoms with Crippen LogP contribution in [-0.2, 0) is 21.4 Å². The molecule has 0 spiro atoms. The second kappa shape index (κ2) is 8.47. The molecular formula is C17H20N2O4S. The molecule has 128 valence electrons. The highest BCUT2D eigenvalue weighted by atomic mass is 32.2. The highest BCUT2D eigenvalue weighted by Gasteiger charge is 2.13. The third-order valence-electron chi connectivity index (χ3n) is 3.32. The van der Waals surface area contributed by atoms with E-state index in [9.17, 15) is 13.2 Å². The molecule has 6 nitrogen and oxygen atoms in total. The minimum absolute atomic E-state index is 0.0428. The number of ether oxygens (including phenoxy) is 1. The summed E-state index contributed by atoms with van der Waals surface area (Å²) in [6.07, 6.45) is 0.0655. The van der Waals surface area contributed by atoms with E-state index in [2.05, 4.69) is 10.0 Å². The number of rotatable bonds is 8. The zero-order valence-corrected chi connectivity index (χ0v) is 14.2. The van der Waals surface area contributed by atoms with E-state index in [1.165, 1.54) is 12.1 Å². The lowest BCUT2D eigenvalue weighted by Crippen LogP contribution is -2.30. The molecule has 7 heteroatoms. The van der Waals surface area contributed by atoms with Crippen LogP contribution in [0.15, 0.2) is 59.5 Å². The van der Waals surface area contributed by atoms with Crippen LogP contribution in [-0.4, -0.2) is 28.0 Å². The average molecular weight is 348 g/mol. The van der Waals surface area contributed by atoms with Crippen molar-refractivity contribution in [3.8, 4) is 5.75 Å². The Morgan fingerprint density at radius 1 is 1.08 bits per heavy atom. The lowest BCUT2D eigenvalue weighted by Gasteiger charge is -2.08. The third-order valence-corrected chi connectivity index (χ3v) is 4.80. The van der Waals surface area contributed by atoms with Crippen LogP contribution < -0.4 is 14.8 Å². The van der Waals surface area contributed by atoms with Gasteiger partial charge in [-0.15, -0.1) is 0 Å². The van der Waals surface area contributed by atoms with Crippen LogP contribution >= 0.6 is 0 Å². The number of nitrogens with one attached hydrogen (secondary N) is 2. The van der Waals surface area contributed by atoms with E-state index in [0.29, 0.717) is 6.54 Å². The standard InChI is InChI=1S/C17H20N2O4S/c1-23-15-7-5-6-14(12-15)13-18-17(20)10-11-19-24(21,22)16-8-3-2-4-9-16/h2-9,12,19H,10-11,13H2,1H3,(H,18,20). The second-order valence-corrected chi connectivity index (χ2v) is 6.86. The number of sulfonamides is 1. The number of carbonyl (C=O) groups is 1. The van der Waals surface area contributed by atoms with Crippen LogP contribution in [0, 0.1) is 0 Å². The van der Waals surface area contributed by atoms with E-state index in [1.54, 1.807) is 25.3 Å². The van der Waals surface area contributed by atoms with E-state index in [0.717, 1.165) is 11.3 Å². The van der Waals surface area contributed by atoms with Gasteiger partial charge in [0, 0.05) is 19.5 Å². The number of methoxy groups -OCH3 is 1. The normalized spacial score (nSPS) is 11.0. The third kappa shape index (κ3) is 5.36. The first kappa shape index (κ1) is 18.0. The maximum Gasteiger partial charge on any atom is 0.240 e. The first-order valence-corrected chi connectivity index (χ1v) is 8.94. The van der Waals surface area contributed by atoms with Gasteiger partial charge >= 0.3 is 0 Å². The molecule has 0 heterocycles. The molecule has 0 fully saturated rings. The van der Waals surface area contributed by atoms with E-state index in [1.807, 2.05) is 24.3 Å². The summed E-state index contributed by atoms with van der Waals surface area (Å²) in [5.41, 5.74) is 0.910. The number of hydrogen-bond donors (Lipinski definition) is 2. The summed E-state index contributed by atoms with van der Waals surface area (Å²) in [6.45, 7) is 0.405. The summed E-state index contributed by atoms with van der Waals surface area (Å²) in [5, 5.41) is 2.75. The lowest BCUT2D eigenvalue weighted by atomic mass is 10.2. The molecule has 2 rings (SSSR count). The van der Waals surface area contributed by atoms with Crippen LogP contribution in [0.2, 0.25) is 0 Å². The fourth-order valence-electron chi connectivity index (χ4n) is 2.05. The highest BCUT2D eigenvalue weighted by Crippen LogP contribution is 2.12. The molecule has 0 bridgehead atoms. The Labute approximate surface area is 141 Å².